The maximum atomic E-state index is 12.4. The van der Waals surface area contributed by atoms with Gasteiger partial charge in [0.25, 0.3) is 10.0 Å². The smallest absolute Gasteiger partial charge is 0.283 e. The third-order valence-electron chi connectivity index (χ3n) is 3.36. The van der Waals surface area contributed by atoms with Gasteiger partial charge in [-0.1, -0.05) is 0 Å². The van der Waals surface area contributed by atoms with Crippen LogP contribution in [0.1, 0.15) is 23.4 Å². The molecule has 0 aliphatic heterocycles. The SMILES string of the molecule is CNc1cccnc1S(=O)(=O)Nc1nc2c(s1)CCCC2. The van der Waals surface area contributed by atoms with E-state index in [1.165, 1.54) is 22.4 Å². The molecule has 8 heteroatoms. The maximum Gasteiger partial charge on any atom is 0.283 e. The lowest BCUT2D eigenvalue weighted by Gasteiger charge is -2.08. The zero-order valence-electron chi connectivity index (χ0n) is 11.6. The number of hydrogen-bond donors (Lipinski definition) is 2. The van der Waals surface area contributed by atoms with E-state index in [2.05, 4.69) is 20.0 Å². The number of fused-ring (bicyclic) bond motifs is 1. The Morgan fingerprint density at radius 1 is 1.29 bits per heavy atom. The van der Waals surface area contributed by atoms with Crippen LogP contribution >= 0.6 is 11.3 Å². The average Bonchev–Trinajstić information content (AvgIpc) is 2.88. The molecule has 2 N–H and O–H groups in total. The molecule has 0 spiro atoms. The highest BCUT2D eigenvalue weighted by Crippen LogP contribution is 2.31. The minimum atomic E-state index is -3.73. The molecule has 0 atom stereocenters. The topological polar surface area (TPSA) is 84.0 Å². The van der Waals surface area contributed by atoms with Gasteiger partial charge in [-0.25, -0.2) is 9.97 Å². The van der Waals surface area contributed by atoms with Crippen molar-refractivity contribution in [2.75, 3.05) is 17.1 Å². The van der Waals surface area contributed by atoms with Crippen molar-refractivity contribution in [1.82, 2.24) is 9.97 Å². The molecule has 0 radical (unpaired) electrons. The molecule has 0 amide bonds. The Morgan fingerprint density at radius 2 is 2.10 bits per heavy atom. The molecule has 112 valence electrons. The zero-order chi connectivity index (χ0) is 14.9. The van der Waals surface area contributed by atoms with Crippen LogP contribution in [0.4, 0.5) is 10.8 Å². The summed E-state index contributed by atoms with van der Waals surface area (Å²) in [5.74, 6) is 0. The minimum Gasteiger partial charge on any atom is -0.386 e. The van der Waals surface area contributed by atoms with Crippen molar-refractivity contribution >= 4 is 32.2 Å². The molecule has 2 heterocycles. The number of anilines is 2. The second kappa shape index (κ2) is 5.61. The van der Waals surface area contributed by atoms with E-state index in [1.54, 1.807) is 19.2 Å². The summed E-state index contributed by atoms with van der Waals surface area (Å²) in [6.45, 7) is 0. The third kappa shape index (κ3) is 2.86. The second-order valence-corrected chi connectivity index (χ2v) is 7.49. The van der Waals surface area contributed by atoms with Crippen molar-refractivity contribution in [3.63, 3.8) is 0 Å². The number of thiazole rings is 1. The highest BCUT2D eigenvalue weighted by atomic mass is 32.2. The Labute approximate surface area is 127 Å². The fraction of sp³-hybridized carbons (Fsp3) is 0.385. The molecule has 0 saturated carbocycles. The number of rotatable bonds is 4. The Balaban J connectivity index is 1.91. The lowest BCUT2D eigenvalue weighted by molar-refractivity contribution is 0.598. The van der Waals surface area contributed by atoms with Crippen molar-refractivity contribution in [1.29, 1.82) is 0 Å². The molecule has 0 aromatic carbocycles. The van der Waals surface area contributed by atoms with Crippen molar-refractivity contribution in [3.8, 4) is 0 Å². The monoisotopic (exact) mass is 324 g/mol. The third-order valence-corrected chi connectivity index (χ3v) is 5.86. The van der Waals surface area contributed by atoms with Crippen molar-refractivity contribution in [2.45, 2.75) is 30.7 Å². The van der Waals surface area contributed by atoms with Crippen molar-refractivity contribution in [2.24, 2.45) is 0 Å². The fourth-order valence-electron chi connectivity index (χ4n) is 2.35. The van der Waals surface area contributed by atoms with Crippen LogP contribution in [0.15, 0.2) is 23.4 Å². The van der Waals surface area contributed by atoms with Gasteiger partial charge in [0.15, 0.2) is 10.2 Å². The van der Waals surface area contributed by atoms with E-state index in [1.807, 2.05) is 0 Å². The standard InChI is InChI=1S/C13H16N4O2S2/c1-14-10-6-4-8-15-12(10)21(18,19)17-13-16-9-5-2-3-7-11(9)20-13/h4,6,8,14H,2-3,5,7H2,1H3,(H,16,17). The number of aromatic nitrogens is 2. The summed E-state index contributed by atoms with van der Waals surface area (Å²) in [4.78, 5) is 9.55. The molecule has 0 bridgehead atoms. The molecule has 2 aromatic heterocycles. The molecule has 2 aromatic rings. The molecule has 21 heavy (non-hydrogen) atoms. The molecular formula is C13H16N4O2S2. The summed E-state index contributed by atoms with van der Waals surface area (Å²) in [6, 6.07) is 3.36. The Bertz CT molecular complexity index is 732. The van der Waals surface area contributed by atoms with Gasteiger partial charge in [0.05, 0.1) is 11.4 Å². The van der Waals surface area contributed by atoms with Gasteiger partial charge < -0.3 is 5.32 Å². The molecule has 1 aliphatic rings. The van der Waals surface area contributed by atoms with Crippen molar-refractivity contribution < 1.29 is 8.42 Å². The van der Waals surface area contributed by atoms with Crippen LogP contribution in [0.25, 0.3) is 0 Å². The molecule has 0 fully saturated rings. The van der Waals surface area contributed by atoms with Crippen LogP contribution in [-0.2, 0) is 22.9 Å². The molecular weight excluding hydrogens is 308 g/mol. The Hall–Kier alpha value is -1.67. The summed E-state index contributed by atoms with van der Waals surface area (Å²) >= 11 is 1.42. The van der Waals surface area contributed by atoms with Crippen LogP contribution in [0.2, 0.25) is 0 Å². The summed E-state index contributed by atoms with van der Waals surface area (Å²) in [5.41, 5.74) is 1.49. The van der Waals surface area contributed by atoms with Crippen molar-refractivity contribution in [3.05, 3.63) is 28.9 Å². The maximum absolute atomic E-state index is 12.4. The van der Waals surface area contributed by atoms with Gasteiger partial charge >= 0.3 is 0 Å². The van der Waals surface area contributed by atoms with Gasteiger partial charge in [-0.2, -0.15) is 8.42 Å². The number of pyridine rings is 1. The highest BCUT2D eigenvalue weighted by Gasteiger charge is 2.23. The summed E-state index contributed by atoms with van der Waals surface area (Å²) in [6.07, 6.45) is 5.64. The summed E-state index contributed by atoms with van der Waals surface area (Å²) in [7, 11) is -2.07. The number of aryl methyl sites for hydroxylation is 2. The van der Waals surface area contributed by atoms with Crippen LogP contribution in [0.5, 0.6) is 0 Å². The van der Waals surface area contributed by atoms with Gasteiger partial charge in [-0.05, 0) is 37.8 Å². The normalized spacial score (nSPS) is 14.5. The summed E-state index contributed by atoms with van der Waals surface area (Å²) in [5, 5.41) is 3.25. The average molecular weight is 324 g/mol. The van der Waals surface area contributed by atoms with E-state index in [0.29, 0.717) is 10.8 Å². The number of nitrogens with zero attached hydrogens (tertiary/aromatic N) is 2. The minimum absolute atomic E-state index is 0.0133. The molecule has 0 saturated heterocycles. The van der Waals surface area contributed by atoms with Gasteiger partial charge in [0.1, 0.15) is 0 Å². The van der Waals surface area contributed by atoms with Crippen LogP contribution < -0.4 is 10.0 Å². The largest absolute Gasteiger partial charge is 0.386 e. The lowest BCUT2D eigenvalue weighted by atomic mass is 10.0. The van der Waals surface area contributed by atoms with Gasteiger partial charge in [-0.15, -0.1) is 11.3 Å². The van der Waals surface area contributed by atoms with Gasteiger partial charge in [0.2, 0.25) is 0 Å². The second-order valence-electron chi connectivity index (χ2n) is 4.81. The van der Waals surface area contributed by atoms with Crippen LogP contribution in [-0.4, -0.2) is 25.4 Å². The van der Waals surface area contributed by atoms with E-state index < -0.39 is 10.0 Å². The number of hydrogen-bond acceptors (Lipinski definition) is 6. The quantitative estimate of drug-likeness (QED) is 0.901. The first-order chi connectivity index (χ1) is 10.1. The predicted molar refractivity (Wildman–Crippen MR) is 83.3 cm³/mol. The molecule has 0 unspecified atom stereocenters. The molecule has 1 aliphatic carbocycles. The van der Waals surface area contributed by atoms with E-state index in [0.717, 1.165) is 31.4 Å². The fourth-order valence-corrected chi connectivity index (χ4v) is 4.78. The number of nitrogens with one attached hydrogen (secondary N) is 2. The highest BCUT2D eigenvalue weighted by molar-refractivity contribution is 7.93. The first kappa shape index (κ1) is 14.3. The lowest BCUT2D eigenvalue weighted by Crippen LogP contribution is -2.16. The van der Waals surface area contributed by atoms with E-state index in [4.69, 9.17) is 0 Å². The molecule has 3 rings (SSSR count). The van der Waals surface area contributed by atoms with Gasteiger partial charge in [0, 0.05) is 18.1 Å². The predicted octanol–water partition coefficient (Wildman–Crippen LogP) is 2.26. The first-order valence-corrected chi connectivity index (χ1v) is 9.04. The zero-order valence-corrected chi connectivity index (χ0v) is 13.2. The van der Waals surface area contributed by atoms with E-state index in [-0.39, 0.29) is 5.03 Å². The number of sulfonamides is 1. The Morgan fingerprint density at radius 3 is 2.86 bits per heavy atom. The van der Waals surface area contributed by atoms with Crippen LogP contribution in [0.3, 0.4) is 0 Å². The Kier molecular flexibility index (Phi) is 3.81. The molecule has 6 nitrogen and oxygen atoms in total. The summed E-state index contributed by atoms with van der Waals surface area (Å²) < 4.78 is 27.4. The first-order valence-electron chi connectivity index (χ1n) is 6.74. The van der Waals surface area contributed by atoms with E-state index in [9.17, 15) is 8.42 Å². The van der Waals surface area contributed by atoms with Crippen LogP contribution in [0, 0.1) is 0 Å². The van der Waals surface area contributed by atoms with Gasteiger partial charge in [-0.3, -0.25) is 4.72 Å². The van der Waals surface area contributed by atoms with E-state index >= 15 is 0 Å².